The monoisotopic (exact) mass is 223 g/mol. The molecule has 1 aromatic heterocycles. The minimum absolute atomic E-state index is 0.285. The Morgan fingerprint density at radius 1 is 0.882 bits per heavy atom. The van der Waals surface area contributed by atoms with Gasteiger partial charge < -0.3 is 4.57 Å². The van der Waals surface area contributed by atoms with E-state index in [4.69, 9.17) is 0 Å². The molecule has 1 saturated carbocycles. The Kier molecular flexibility index (Phi) is 1.82. The standard InChI is InChI=1S/C16H17N/c1-4-10-16(11-5-1)14-8-3-2-7-13(14)15-9-6-12-17(15)16/h2-3,6-9,12H,1,4-5,10-11H2. The molecule has 0 amide bonds. The fourth-order valence-electron chi connectivity index (χ4n) is 3.86. The Bertz CT molecular complexity index is 558. The maximum atomic E-state index is 2.54. The second-order valence-electron chi connectivity index (χ2n) is 5.40. The normalized spacial score (nSPS) is 20.2. The third-order valence-electron chi connectivity index (χ3n) is 4.59. The van der Waals surface area contributed by atoms with Crippen LogP contribution in [0, 0.1) is 0 Å². The first-order valence-corrected chi connectivity index (χ1v) is 6.70. The van der Waals surface area contributed by atoms with Gasteiger partial charge >= 0.3 is 0 Å². The van der Waals surface area contributed by atoms with Crippen molar-refractivity contribution in [1.82, 2.24) is 4.57 Å². The number of nitrogens with zero attached hydrogens (tertiary/aromatic N) is 1. The van der Waals surface area contributed by atoms with Gasteiger partial charge in [0.05, 0.1) is 5.54 Å². The lowest BCUT2D eigenvalue weighted by molar-refractivity contribution is 0.259. The molecule has 1 aliphatic heterocycles. The van der Waals surface area contributed by atoms with Crippen LogP contribution < -0.4 is 0 Å². The van der Waals surface area contributed by atoms with Gasteiger partial charge in [-0.3, -0.25) is 0 Å². The number of benzene rings is 1. The molecule has 0 N–H and O–H groups in total. The molecule has 0 saturated heterocycles. The SMILES string of the molecule is c1ccc2c(c1)-c1cccn1C21CCCCC1. The average Bonchev–Trinajstić information content (AvgIpc) is 2.96. The third-order valence-corrected chi connectivity index (χ3v) is 4.59. The van der Waals surface area contributed by atoms with Crippen LogP contribution in [0.3, 0.4) is 0 Å². The summed E-state index contributed by atoms with van der Waals surface area (Å²) in [5.74, 6) is 0. The van der Waals surface area contributed by atoms with Crippen molar-refractivity contribution >= 4 is 0 Å². The molecular formula is C16H17N. The summed E-state index contributed by atoms with van der Waals surface area (Å²) in [7, 11) is 0. The van der Waals surface area contributed by atoms with Crippen molar-refractivity contribution in [2.45, 2.75) is 37.6 Å². The fourth-order valence-corrected chi connectivity index (χ4v) is 3.86. The van der Waals surface area contributed by atoms with Gasteiger partial charge in [-0.05, 0) is 30.5 Å². The number of aromatic nitrogens is 1. The predicted octanol–water partition coefficient (Wildman–Crippen LogP) is 4.18. The van der Waals surface area contributed by atoms with Gasteiger partial charge in [0.1, 0.15) is 0 Å². The van der Waals surface area contributed by atoms with E-state index < -0.39 is 0 Å². The molecule has 17 heavy (non-hydrogen) atoms. The summed E-state index contributed by atoms with van der Waals surface area (Å²) in [6, 6.07) is 13.4. The lowest BCUT2D eigenvalue weighted by Gasteiger charge is -2.36. The number of rotatable bonds is 0. The first-order chi connectivity index (χ1) is 8.42. The highest BCUT2D eigenvalue weighted by atomic mass is 15.1. The first-order valence-electron chi connectivity index (χ1n) is 6.70. The van der Waals surface area contributed by atoms with Gasteiger partial charge in [0.15, 0.2) is 0 Å². The van der Waals surface area contributed by atoms with Gasteiger partial charge in [-0.25, -0.2) is 0 Å². The van der Waals surface area contributed by atoms with Crippen molar-refractivity contribution in [3.8, 4) is 11.3 Å². The summed E-state index contributed by atoms with van der Waals surface area (Å²) in [6.45, 7) is 0. The van der Waals surface area contributed by atoms with Crippen molar-refractivity contribution < 1.29 is 0 Å². The minimum Gasteiger partial charge on any atom is -0.337 e. The summed E-state index contributed by atoms with van der Waals surface area (Å²) in [5, 5.41) is 0. The molecule has 2 aliphatic rings. The van der Waals surface area contributed by atoms with Crippen LogP contribution in [0.15, 0.2) is 42.6 Å². The van der Waals surface area contributed by atoms with E-state index in [0.29, 0.717) is 0 Å². The molecule has 1 fully saturated rings. The number of hydrogen-bond donors (Lipinski definition) is 0. The fraction of sp³-hybridized carbons (Fsp3) is 0.375. The number of hydrogen-bond acceptors (Lipinski definition) is 0. The van der Waals surface area contributed by atoms with Crippen LogP contribution in [0.5, 0.6) is 0 Å². The van der Waals surface area contributed by atoms with E-state index in [9.17, 15) is 0 Å². The van der Waals surface area contributed by atoms with E-state index in [1.165, 1.54) is 43.4 Å². The van der Waals surface area contributed by atoms with Crippen LogP contribution in [-0.4, -0.2) is 4.57 Å². The molecule has 0 atom stereocenters. The maximum absolute atomic E-state index is 2.54. The van der Waals surface area contributed by atoms with Crippen LogP contribution in [0.2, 0.25) is 0 Å². The van der Waals surface area contributed by atoms with E-state index in [1.54, 1.807) is 5.56 Å². The van der Waals surface area contributed by atoms with Crippen molar-refractivity contribution in [3.05, 3.63) is 48.2 Å². The Morgan fingerprint density at radius 3 is 2.59 bits per heavy atom. The smallest absolute Gasteiger partial charge is 0.0703 e. The molecule has 86 valence electrons. The minimum atomic E-state index is 0.285. The number of fused-ring (bicyclic) bond motifs is 5. The molecule has 2 heterocycles. The zero-order valence-corrected chi connectivity index (χ0v) is 10.0. The summed E-state index contributed by atoms with van der Waals surface area (Å²) >= 11 is 0. The van der Waals surface area contributed by atoms with Crippen LogP contribution in [0.1, 0.15) is 37.7 Å². The van der Waals surface area contributed by atoms with Crippen molar-refractivity contribution in [3.63, 3.8) is 0 Å². The van der Waals surface area contributed by atoms with E-state index in [1.807, 2.05) is 0 Å². The lowest BCUT2D eigenvalue weighted by atomic mass is 9.77. The summed E-state index contributed by atoms with van der Waals surface area (Å²) in [4.78, 5) is 0. The van der Waals surface area contributed by atoms with Crippen LogP contribution >= 0.6 is 0 Å². The van der Waals surface area contributed by atoms with Crippen LogP contribution in [0.4, 0.5) is 0 Å². The molecule has 1 heteroatoms. The van der Waals surface area contributed by atoms with Crippen molar-refractivity contribution in [2.75, 3.05) is 0 Å². The highest BCUT2D eigenvalue weighted by Gasteiger charge is 2.42. The highest BCUT2D eigenvalue weighted by Crippen LogP contribution is 2.50. The van der Waals surface area contributed by atoms with Gasteiger partial charge in [0.2, 0.25) is 0 Å². The Labute approximate surface area is 102 Å². The van der Waals surface area contributed by atoms with Crippen LogP contribution in [0.25, 0.3) is 11.3 Å². The maximum Gasteiger partial charge on any atom is 0.0703 e. The third kappa shape index (κ3) is 1.09. The van der Waals surface area contributed by atoms with E-state index in [0.717, 1.165) is 0 Å². The second-order valence-corrected chi connectivity index (χ2v) is 5.40. The summed E-state index contributed by atoms with van der Waals surface area (Å²) in [5.41, 5.74) is 4.73. The van der Waals surface area contributed by atoms with Gasteiger partial charge in [0.25, 0.3) is 0 Å². The molecule has 0 radical (unpaired) electrons. The highest BCUT2D eigenvalue weighted by molar-refractivity contribution is 5.71. The van der Waals surface area contributed by atoms with Gasteiger partial charge in [-0.2, -0.15) is 0 Å². The molecule has 2 aromatic rings. The zero-order chi connectivity index (χ0) is 11.3. The second kappa shape index (κ2) is 3.25. The Hall–Kier alpha value is -1.50. The quantitative estimate of drug-likeness (QED) is 0.631. The zero-order valence-electron chi connectivity index (χ0n) is 10.0. The topological polar surface area (TPSA) is 4.93 Å². The van der Waals surface area contributed by atoms with Gasteiger partial charge in [-0.15, -0.1) is 0 Å². The predicted molar refractivity (Wildman–Crippen MR) is 70.0 cm³/mol. The molecule has 4 rings (SSSR count). The average molecular weight is 223 g/mol. The molecule has 0 bridgehead atoms. The molecule has 1 aromatic carbocycles. The molecule has 1 aliphatic carbocycles. The van der Waals surface area contributed by atoms with E-state index >= 15 is 0 Å². The summed E-state index contributed by atoms with van der Waals surface area (Å²) in [6.07, 6.45) is 9.04. The van der Waals surface area contributed by atoms with Crippen molar-refractivity contribution in [1.29, 1.82) is 0 Å². The Balaban J connectivity index is 2.02. The van der Waals surface area contributed by atoms with E-state index in [-0.39, 0.29) is 5.54 Å². The lowest BCUT2D eigenvalue weighted by Crippen LogP contribution is -2.33. The molecule has 1 spiro atoms. The van der Waals surface area contributed by atoms with Gasteiger partial charge in [-0.1, -0.05) is 43.5 Å². The first kappa shape index (κ1) is 9.52. The largest absolute Gasteiger partial charge is 0.337 e. The van der Waals surface area contributed by atoms with Crippen LogP contribution in [-0.2, 0) is 5.54 Å². The Morgan fingerprint density at radius 2 is 1.71 bits per heavy atom. The molecular weight excluding hydrogens is 206 g/mol. The summed E-state index contributed by atoms with van der Waals surface area (Å²) < 4.78 is 2.54. The van der Waals surface area contributed by atoms with Gasteiger partial charge in [0, 0.05) is 17.5 Å². The molecule has 1 nitrogen and oxygen atoms in total. The van der Waals surface area contributed by atoms with E-state index in [2.05, 4.69) is 47.2 Å². The van der Waals surface area contributed by atoms with Crippen molar-refractivity contribution in [2.24, 2.45) is 0 Å². The molecule has 0 unspecified atom stereocenters.